The zero-order chi connectivity index (χ0) is 8.55. The van der Waals surface area contributed by atoms with Gasteiger partial charge in [0, 0.05) is 6.07 Å². The molecule has 12 heavy (non-hydrogen) atoms. The van der Waals surface area contributed by atoms with E-state index in [0.29, 0.717) is 5.82 Å². The molecule has 0 aliphatic heterocycles. The number of nitrogen functional groups attached to an aromatic ring is 1. The number of anilines is 1. The quantitative estimate of drug-likeness (QED) is 0.361. The van der Waals surface area contributed by atoms with Crippen LogP contribution in [0, 0.1) is 0 Å². The molecular formula is C5H6N6O. The van der Waals surface area contributed by atoms with Crippen molar-refractivity contribution >= 4 is 11.6 Å². The Kier molecular flexibility index (Phi) is 1.31. The Labute approximate surface area is 66.2 Å². The fourth-order valence-electron chi connectivity index (χ4n) is 0.896. The van der Waals surface area contributed by atoms with E-state index in [1.165, 1.54) is 16.9 Å². The number of rotatable bonds is 1. The van der Waals surface area contributed by atoms with Crippen molar-refractivity contribution in [2.24, 2.45) is 5.84 Å². The van der Waals surface area contributed by atoms with Crippen molar-refractivity contribution in [3.63, 3.8) is 0 Å². The number of hydrogen-bond acceptors (Lipinski definition) is 5. The summed E-state index contributed by atoms with van der Waals surface area (Å²) in [7, 11) is 0. The van der Waals surface area contributed by atoms with E-state index in [0.717, 1.165) is 0 Å². The second-order valence-electron chi connectivity index (χ2n) is 2.15. The Morgan fingerprint density at radius 2 is 2.50 bits per heavy atom. The van der Waals surface area contributed by atoms with Crippen LogP contribution in [0.15, 0.2) is 17.2 Å². The Balaban J connectivity index is 2.84. The number of nitrogens with two attached hydrogens (primary N) is 1. The number of fused-ring (bicyclic) bond motifs is 1. The van der Waals surface area contributed by atoms with Crippen LogP contribution in [0.2, 0.25) is 0 Å². The summed E-state index contributed by atoms with van der Waals surface area (Å²) in [4.78, 5) is 18.9. The van der Waals surface area contributed by atoms with Gasteiger partial charge in [0.15, 0.2) is 0 Å². The van der Waals surface area contributed by atoms with E-state index in [-0.39, 0.29) is 11.3 Å². The van der Waals surface area contributed by atoms with Gasteiger partial charge in [0.2, 0.25) is 0 Å². The van der Waals surface area contributed by atoms with Crippen LogP contribution in [0.25, 0.3) is 5.78 Å². The van der Waals surface area contributed by atoms with Crippen LogP contribution < -0.4 is 16.8 Å². The predicted molar refractivity (Wildman–Crippen MR) is 41.4 cm³/mol. The third-order valence-electron chi connectivity index (χ3n) is 1.42. The van der Waals surface area contributed by atoms with Gasteiger partial charge < -0.3 is 5.43 Å². The van der Waals surface area contributed by atoms with Crippen molar-refractivity contribution in [2.45, 2.75) is 0 Å². The number of aromatic amines is 1. The molecule has 2 rings (SSSR count). The van der Waals surface area contributed by atoms with Crippen LogP contribution in [0.5, 0.6) is 0 Å². The van der Waals surface area contributed by atoms with Gasteiger partial charge >= 0.3 is 0 Å². The number of nitrogens with one attached hydrogen (secondary N) is 2. The number of H-pyrrole nitrogens is 1. The molecule has 0 aliphatic rings. The molecular weight excluding hydrogens is 160 g/mol. The maximum Gasteiger partial charge on any atom is 0.276 e. The van der Waals surface area contributed by atoms with Gasteiger partial charge in [-0.05, 0) is 0 Å². The molecule has 0 spiro atoms. The average molecular weight is 166 g/mol. The second kappa shape index (κ2) is 2.31. The maximum atomic E-state index is 11.2. The van der Waals surface area contributed by atoms with Gasteiger partial charge in [0.25, 0.3) is 11.3 Å². The number of hydrazine groups is 1. The molecule has 7 heteroatoms. The van der Waals surface area contributed by atoms with Gasteiger partial charge in [0.1, 0.15) is 12.1 Å². The van der Waals surface area contributed by atoms with E-state index in [9.17, 15) is 4.79 Å². The summed E-state index contributed by atoms with van der Waals surface area (Å²) >= 11 is 0. The largest absolute Gasteiger partial charge is 0.308 e. The standard InChI is InChI=1S/C5H6N6O/c6-10-3-1-4(12)11-5(9-3)7-2-8-11/h1-2,10H,6H2,(H,7,8,9). The molecule has 2 aromatic rings. The van der Waals surface area contributed by atoms with E-state index < -0.39 is 0 Å². The van der Waals surface area contributed by atoms with Crippen molar-refractivity contribution < 1.29 is 0 Å². The molecule has 62 valence electrons. The lowest BCUT2D eigenvalue weighted by Crippen LogP contribution is -2.18. The highest BCUT2D eigenvalue weighted by Gasteiger charge is 2.01. The molecule has 0 atom stereocenters. The Hall–Kier alpha value is -1.89. The molecule has 2 heterocycles. The third-order valence-corrected chi connectivity index (χ3v) is 1.42. The summed E-state index contributed by atoms with van der Waals surface area (Å²) in [6, 6.07) is 1.27. The van der Waals surface area contributed by atoms with Crippen molar-refractivity contribution in [3.8, 4) is 0 Å². The third kappa shape index (κ3) is 0.839. The van der Waals surface area contributed by atoms with Crippen molar-refractivity contribution in [2.75, 3.05) is 5.43 Å². The molecule has 4 N–H and O–H groups in total. The highest BCUT2D eigenvalue weighted by Crippen LogP contribution is 1.96. The van der Waals surface area contributed by atoms with Crippen LogP contribution in [0.1, 0.15) is 0 Å². The molecule has 0 aromatic carbocycles. The minimum absolute atomic E-state index is 0.259. The minimum atomic E-state index is -0.259. The summed E-state index contributed by atoms with van der Waals surface area (Å²) < 4.78 is 1.21. The summed E-state index contributed by atoms with van der Waals surface area (Å²) in [5.74, 6) is 5.67. The smallest absolute Gasteiger partial charge is 0.276 e. The fourth-order valence-corrected chi connectivity index (χ4v) is 0.896. The fraction of sp³-hybridized carbons (Fsp3) is 0. The molecule has 0 saturated carbocycles. The van der Waals surface area contributed by atoms with E-state index in [1.807, 2.05) is 0 Å². The van der Waals surface area contributed by atoms with Crippen molar-refractivity contribution in [1.82, 2.24) is 19.6 Å². The molecule has 2 aromatic heterocycles. The normalized spacial score (nSPS) is 10.4. The Morgan fingerprint density at radius 1 is 1.67 bits per heavy atom. The van der Waals surface area contributed by atoms with Gasteiger partial charge in [0.05, 0.1) is 0 Å². The average Bonchev–Trinajstić information content (AvgIpc) is 2.52. The van der Waals surface area contributed by atoms with Gasteiger partial charge in [-0.3, -0.25) is 9.89 Å². The van der Waals surface area contributed by atoms with Crippen molar-refractivity contribution in [1.29, 1.82) is 0 Å². The Bertz CT molecular complexity index is 456. The minimum Gasteiger partial charge on any atom is -0.308 e. The lowest BCUT2D eigenvalue weighted by atomic mass is 10.6. The molecule has 0 aliphatic carbocycles. The lowest BCUT2D eigenvalue weighted by molar-refractivity contribution is 0.898. The second-order valence-corrected chi connectivity index (χ2v) is 2.15. The first-order chi connectivity index (χ1) is 5.81. The molecule has 0 fully saturated rings. The zero-order valence-electron chi connectivity index (χ0n) is 5.98. The number of hydrogen-bond donors (Lipinski definition) is 3. The van der Waals surface area contributed by atoms with E-state index in [4.69, 9.17) is 5.84 Å². The van der Waals surface area contributed by atoms with E-state index >= 15 is 0 Å². The first kappa shape index (κ1) is 6.80. The molecule has 0 unspecified atom stereocenters. The highest BCUT2D eigenvalue weighted by atomic mass is 16.1. The van der Waals surface area contributed by atoms with Gasteiger partial charge in [-0.2, -0.15) is 9.50 Å². The van der Waals surface area contributed by atoms with Crippen LogP contribution in [0.4, 0.5) is 5.82 Å². The summed E-state index contributed by atoms with van der Waals surface area (Å²) in [5, 5.41) is 2.60. The zero-order valence-corrected chi connectivity index (χ0v) is 5.98. The first-order valence-corrected chi connectivity index (χ1v) is 3.21. The monoisotopic (exact) mass is 166 g/mol. The molecule has 0 amide bonds. The maximum absolute atomic E-state index is 11.2. The number of nitrogens with zero attached hydrogens (tertiary/aromatic N) is 3. The molecule has 0 radical (unpaired) electrons. The van der Waals surface area contributed by atoms with Crippen LogP contribution in [-0.4, -0.2) is 19.6 Å². The summed E-state index contributed by atoms with van der Waals surface area (Å²) in [5.41, 5.74) is 2.01. The molecule has 0 saturated heterocycles. The van der Waals surface area contributed by atoms with Gasteiger partial charge in [-0.15, -0.1) is 0 Å². The lowest BCUT2D eigenvalue weighted by Gasteiger charge is -1.96. The highest BCUT2D eigenvalue weighted by molar-refractivity contribution is 5.39. The molecule has 0 bridgehead atoms. The SMILES string of the molecule is NNc1cc(=O)n2[nH]cnc2n1. The van der Waals surface area contributed by atoms with E-state index in [1.54, 1.807) is 0 Å². The predicted octanol–water partition coefficient (Wildman–Crippen LogP) is -1.30. The molecule has 7 nitrogen and oxygen atoms in total. The summed E-state index contributed by atoms with van der Waals surface area (Å²) in [6.45, 7) is 0. The van der Waals surface area contributed by atoms with Crippen LogP contribution in [0.3, 0.4) is 0 Å². The van der Waals surface area contributed by atoms with Gasteiger partial charge in [-0.25, -0.2) is 10.8 Å². The van der Waals surface area contributed by atoms with Crippen LogP contribution >= 0.6 is 0 Å². The Morgan fingerprint density at radius 3 is 3.25 bits per heavy atom. The number of aromatic nitrogens is 4. The topological polar surface area (TPSA) is 101 Å². The summed E-state index contributed by atoms with van der Waals surface area (Å²) in [6.07, 6.45) is 1.38. The van der Waals surface area contributed by atoms with Crippen molar-refractivity contribution in [3.05, 3.63) is 22.7 Å². The van der Waals surface area contributed by atoms with E-state index in [2.05, 4.69) is 20.5 Å². The van der Waals surface area contributed by atoms with Crippen LogP contribution in [-0.2, 0) is 0 Å². The first-order valence-electron chi connectivity index (χ1n) is 3.21. The van der Waals surface area contributed by atoms with Gasteiger partial charge in [-0.1, -0.05) is 0 Å².